The number of hydrogen-bond acceptors (Lipinski definition) is 18. The number of ketones is 1. The summed E-state index contributed by atoms with van der Waals surface area (Å²) >= 11 is 1.31. The summed E-state index contributed by atoms with van der Waals surface area (Å²) < 4.78 is 48.8. The molecule has 19 nitrogen and oxygen atoms in total. The molecule has 1 saturated heterocycles. The predicted molar refractivity (Wildman–Crippen MR) is 246 cm³/mol. The van der Waals surface area contributed by atoms with Crippen LogP contribution in [0.3, 0.4) is 0 Å². The van der Waals surface area contributed by atoms with E-state index >= 15 is 4.39 Å². The van der Waals surface area contributed by atoms with Gasteiger partial charge in [0.25, 0.3) is 5.67 Å². The fourth-order valence-corrected chi connectivity index (χ4v) is 9.72. The zero-order valence-corrected chi connectivity index (χ0v) is 41.3. The summed E-state index contributed by atoms with van der Waals surface area (Å²) in [6, 6.07) is 2.39. The lowest BCUT2D eigenvalue weighted by atomic mass is 9.76. The summed E-state index contributed by atoms with van der Waals surface area (Å²) in [5, 5.41) is 36.4. The number of Topliss-reactive ketones (excluding diaryl/α,β-unsaturated/α-hetero) is 1. The lowest BCUT2D eigenvalue weighted by molar-refractivity contribution is -0.296. The zero-order chi connectivity index (χ0) is 49.8. The second-order valence-corrected chi connectivity index (χ2v) is 19.6. The van der Waals surface area contributed by atoms with Crippen LogP contribution < -0.4 is 16.4 Å². The molecule has 67 heavy (non-hydrogen) atoms. The first-order valence-corrected chi connectivity index (χ1v) is 23.4. The van der Waals surface area contributed by atoms with Crippen LogP contribution in [0.2, 0.25) is 0 Å². The van der Waals surface area contributed by atoms with Crippen LogP contribution in [-0.4, -0.2) is 147 Å². The van der Waals surface area contributed by atoms with E-state index in [9.17, 15) is 29.4 Å². The number of nitrogens with two attached hydrogens (primary N) is 1. The first-order valence-electron chi connectivity index (χ1n) is 22.5. The Bertz CT molecular complexity index is 2150. The number of pyridine rings is 1. The number of oxime groups is 1. The van der Waals surface area contributed by atoms with Crippen molar-refractivity contribution in [1.29, 1.82) is 0 Å². The third-order valence-corrected chi connectivity index (χ3v) is 13.5. The Morgan fingerprint density at radius 1 is 1.15 bits per heavy atom. The number of allylic oxidation sites excluding steroid dienone is 1. The number of amides is 2. The average molecular weight is 962 g/mol. The maximum absolute atomic E-state index is 17.0. The van der Waals surface area contributed by atoms with Crippen LogP contribution in [0.1, 0.15) is 94.2 Å². The number of thiazole rings is 1. The van der Waals surface area contributed by atoms with E-state index in [4.69, 9.17) is 34.3 Å². The minimum absolute atomic E-state index is 0.0132. The quantitative estimate of drug-likeness (QED) is 0.122. The van der Waals surface area contributed by atoms with Crippen LogP contribution in [0.15, 0.2) is 40.1 Å². The average Bonchev–Trinajstić information content (AvgIpc) is 3.72. The van der Waals surface area contributed by atoms with Gasteiger partial charge in [0.15, 0.2) is 18.7 Å². The maximum Gasteiger partial charge on any atom is 0.351 e. The van der Waals surface area contributed by atoms with Crippen LogP contribution in [0.5, 0.6) is 0 Å². The topological polar surface area (TPSA) is 256 Å². The SMILES string of the molecule is CC[C@H]1OC(=O)[C@@](C)(F)C(=O)[C@H](C)[C@@H](O[C@@H]2O[C@H](C)C[C@H](N(C)C)[C@H]2O)[C@@]2(C)C[C@@H](C)C(NC(C)=O)=C(C)[C@@H](OCC(=NOCc3ccc(-c4nc(NC(=O)[C@H](C)N)cs4)cn3)CO2)[C@]1(C)O. The number of cyclic esters (lactones) is 1. The van der Waals surface area contributed by atoms with Crippen molar-refractivity contribution in [2.45, 2.75) is 161 Å². The first-order chi connectivity index (χ1) is 31.3. The lowest BCUT2D eigenvalue weighted by Crippen LogP contribution is -2.61. The largest absolute Gasteiger partial charge is 0.457 e. The Morgan fingerprint density at radius 2 is 1.85 bits per heavy atom. The normalized spacial score (nSPS) is 34.7. The van der Waals surface area contributed by atoms with Crippen molar-refractivity contribution in [1.82, 2.24) is 20.2 Å². The molecule has 0 radical (unpaired) electrons. The number of ether oxygens (including phenoxy) is 5. The van der Waals surface area contributed by atoms with Gasteiger partial charge in [-0.1, -0.05) is 25.9 Å². The van der Waals surface area contributed by atoms with Crippen LogP contribution in [-0.2, 0) is 54.3 Å². The van der Waals surface area contributed by atoms with Crippen molar-refractivity contribution in [3.05, 3.63) is 40.7 Å². The van der Waals surface area contributed by atoms with E-state index in [1.807, 2.05) is 32.8 Å². The predicted octanol–water partition coefficient (Wildman–Crippen LogP) is 3.80. The van der Waals surface area contributed by atoms with Crippen LogP contribution in [0.25, 0.3) is 10.6 Å². The number of carbonyl (C=O) groups is 4. The first kappa shape index (κ1) is 53.6. The van der Waals surface area contributed by atoms with E-state index in [0.29, 0.717) is 39.8 Å². The van der Waals surface area contributed by atoms with Gasteiger partial charge in [-0.05, 0) is 98.5 Å². The summed E-state index contributed by atoms with van der Waals surface area (Å²) in [5.41, 5.74) is 0.767. The Morgan fingerprint density at radius 3 is 2.46 bits per heavy atom. The molecule has 0 unspecified atom stereocenters. The number of likely N-dealkylation sites (N-methyl/N-ethyl adjacent to an activating group) is 1. The highest BCUT2D eigenvalue weighted by Gasteiger charge is 2.56. The highest BCUT2D eigenvalue weighted by molar-refractivity contribution is 7.13. The molecule has 0 saturated carbocycles. The number of hydrogen-bond donors (Lipinski definition) is 5. The number of rotatable bonds is 11. The van der Waals surface area contributed by atoms with Gasteiger partial charge in [0.2, 0.25) is 11.8 Å². The monoisotopic (exact) mass is 961 g/mol. The van der Waals surface area contributed by atoms with Gasteiger partial charge in [-0.2, -0.15) is 0 Å². The number of carbonyl (C=O) groups excluding carboxylic acids is 4. The second kappa shape index (κ2) is 22.0. The van der Waals surface area contributed by atoms with Crippen molar-refractivity contribution >= 4 is 46.4 Å². The molecule has 5 heterocycles. The van der Waals surface area contributed by atoms with Crippen molar-refractivity contribution in [2.24, 2.45) is 22.7 Å². The second-order valence-electron chi connectivity index (χ2n) is 18.8. The molecule has 0 aromatic carbocycles. The van der Waals surface area contributed by atoms with Gasteiger partial charge in [-0.25, -0.2) is 14.2 Å². The lowest BCUT2D eigenvalue weighted by Gasteiger charge is -2.47. The summed E-state index contributed by atoms with van der Waals surface area (Å²) in [7, 11) is 3.61. The Labute approximate surface area is 395 Å². The van der Waals surface area contributed by atoms with Gasteiger partial charge < -0.3 is 60.0 Å². The zero-order valence-electron chi connectivity index (χ0n) is 40.5. The van der Waals surface area contributed by atoms with E-state index < -0.39 is 95.3 Å². The van der Waals surface area contributed by atoms with E-state index in [0.717, 1.165) is 6.92 Å². The Balaban J connectivity index is 1.60. The van der Waals surface area contributed by atoms with Crippen LogP contribution >= 0.6 is 11.3 Å². The van der Waals surface area contributed by atoms with Crippen molar-refractivity contribution in [3.8, 4) is 10.6 Å². The number of fused-ring (bicyclic) bond motifs is 4. The van der Waals surface area contributed by atoms with Crippen LogP contribution in [0.4, 0.5) is 10.2 Å². The smallest absolute Gasteiger partial charge is 0.351 e. The van der Waals surface area contributed by atoms with Gasteiger partial charge in [-0.15, -0.1) is 11.3 Å². The minimum atomic E-state index is -3.24. The van der Waals surface area contributed by atoms with Crippen LogP contribution in [0, 0.1) is 11.8 Å². The van der Waals surface area contributed by atoms with E-state index in [1.54, 1.807) is 51.4 Å². The number of aromatic nitrogens is 2. The number of esters is 1. The van der Waals surface area contributed by atoms with Crippen molar-refractivity contribution in [3.63, 3.8) is 0 Å². The van der Waals surface area contributed by atoms with Gasteiger partial charge in [0, 0.05) is 41.7 Å². The maximum atomic E-state index is 17.0. The number of anilines is 1. The third-order valence-electron chi connectivity index (χ3n) is 12.6. The molecule has 2 amide bonds. The number of halogens is 1. The van der Waals surface area contributed by atoms with Gasteiger partial charge in [0.1, 0.15) is 40.5 Å². The number of aliphatic hydroxyl groups is 2. The molecule has 2 bridgehead atoms. The molecule has 5 rings (SSSR count). The molecule has 0 spiro atoms. The molecule has 21 heteroatoms. The van der Waals surface area contributed by atoms with Crippen molar-refractivity contribution in [2.75, 3.05) is 32.6 Å². The standard InChI is InChI=1S/C46H68FN7O12S/c1-13-33-46(10,60)39-25(4)35(50-28(7)55)23(2)17-44(8,38(26(5)37(57)45(9,47)43(59)65-33)66-42-36(56)32(54(11)12)16-24(3)64-42)62-20-31(19-61-39)53-63-21-30-15-14-29(18-49-30)41-52-34(22-67-41)51-40(58)27(6)48/h14-15,18,22-24,26-27,32-33,36,38-39,42,56,60H,13,16-17,19-21,48H2,1-12H3,(H,50,55)(H,51,58)/t23-,24-,26+,27+,32+,33-,36-,38-,39-,42+,44-,45+,46-/m1/s1. The van der Waals surface area contributed by atoms with Gasteiger partial charge >= 0.3 is 5.97 Å². The fraction of sp³-hybridized carbons (Fsp3) is 0.674. The number of alkyl halides is 1. The molecule has 6 N–H and O–H groups in total. The van der Waals surface area contributed by atoms with E-state index in [-0.39, 0.29) is 44.3 Å². The van der Waals surface area contributed by atoms with Gasteiger partial charge in [-0.3, -0.25) is 19.4 Å². The number of aliphatic hydroxyl groups excluding tert-OH is 1. The molecular weight excluding hydrogens is 894 g/mol. The number of nitrogens with zero attached hydrogens (tertiary/aromatic N) is 4. The molecule has 0 aliphatic carbocycles. The minimum Gasteiger partial charge on any atom is -0.457 e. The summed E-state index contributed by atoms with van der Waals surface area (Å²) in [4.78, 5) is 70.0. The molecule has 13 atom stereocenters. The molecule has 372 valence electrons. The molecular formula is C46H68FN7O12S. The Kier molecular flexibility index (Phi) is 17.6. The summed E-state index contributed by atoms with van der Waals surface area (Å²) in [6.45, 7) is 14.3. The fourth-order valence-electron chi connectivity index (χ4n) is 8.97. The Hall–Kier alpha value is -4.32. The highest BCUT2D eigenvalue weighted by Crippen LogP contribution is 2.41. The summed E-state index contributed by atoms with van der Waals surface area (Å²) in [6.07, 6.45) is -5.15. The molecule has 2 aromatic heterocycles. The van der Waals surface area contributed by atoms with E-state index in [1.165, 1.54) is 32.1 Å². The number of nitrogens with one attached hydrogen (secondary N) is 2. The van der Waals surface area contributed by atoms with Gasteiger partial charge in [0.05, 0.1) is 42.8 Å². The molecule has 1 fully saturated rings. The highest BCUT2D eigenvalue weighted by atomic mass is 32.1. The summed E-state index contributed by atoms with van der Waals surface area (Å²) in [5.74, 6) is -5.25. The third kappa shape index (κ3) is 12.5. The molecule has 2 aromatic rings. The molecule has 3 aliphatic heterocycles. The van der Waals surface area contributed by atoms with E-state index in [2.05, 4.69) is 25.8 Å². The van der Waals surface area contributed by atoms with Crippen molar-refractivity contribution < 1.29 is 62.3 Å². The molecule has 3 aliphatic rings.